The molecule has 5 heteroatoms. The number of aromatic nitrogens is 1. The molecule has 0 aliphatic carbocycles. The predicted octanol–water partition coefficient (Wildman–Crippen LogP) is 4.25. The third-order valence-corrected chi connectivity index (χ3v) is 6.22. The Balaban J connectivity index is 1.37. The van der Waals surface area contributed by atoms with Crippen LogP contribution < -0.4 is 10.1 Å². The molecule has 1 atom stereocenters. The van der Waals surface area contributed by atoms with E-state index in [1.807, 2.05) is 42.5 Å². The first kappa shape index (κ1) is 22.0. The van der Waals surface area contributed by atoms with Gasteiger partial charge in [-0.2, -0.15) is 0 Å². The number of piperidine rings is 1. The molecule has 1 aromatic heterocycles. The minimum absolute atomic E-state index is 0.0276. The van der Waals surface area contributed by atoms with Crippen LogP contribution in [0.5, 0.6) is 5.75 Å². The molecule has 0 saturated carbocycles. The van der Waals surface area contributed by atoms with E-state index in [-0.39, 0.29) is 17.9 Å². The number of amides is 1. The van der Waals surface area contributed by atoms with Crippen molar-refractivity contribution in [2.24, 2.45) is 5.92 Å². The highest BCUT2D eigenvalue weighted by Crippen LogP contribution is 2.26. The largest absolute Gasteiger partial charge is 0.497 e. The predicted molar refractivity (Wildman–Crippen MR) is 127 cm³/mol. The summed E-state index contributed by atoms with van der Waals surface area (Å²) < 4.78 is 5.39. The highest BCUT2D eigenvalue weighted by molar-refractivity contribution is 5.79. The molecule has 166 valence electrons. The van der Waals surface area contributed by atoms with E-state index in [4.69, 9.17) is 4.74 Å². The van der Waals surface area contributed by atoms with E-state index in [1.54, 1.807) is 13.3 Å². The second-order valence-corrected chi connectivity index (χ2v) is 8.32. The fourth-order valence-electron chi connectivity index (χ4n) is 4.31. The molecule has 2 aromatic carbocycles. The zero-order valence-electron chi connectivity index (χ0n) is 18.6. The molecule has 4 rings (SSSR count). The number of hydrogen-bond acceptors (Lipinski definition) is 4. The quantitative estimate of drug-likeness (QED) is 0.582. The second kappa shape index (κ2) is 10.9. The number of likely N-dealkylation sites (tertiary alicyclic amines) is 1. The van der Waals surface area contributed by atoms with E-state index in [0.717, 1.165) is 55.9 Å². The van der Waals surface area contributed by atoms with Crippen LogP contribution in [0.15, 0.2) is 79.0 Å². The van der Waals surface area contributed by atoms with Crippen LogP contribution in [-0.2, 0) is 11.2 Å². The third-order valence-electron chi connectivity index (χ3n) is 6.22. The van der Waals surface area contributed by atoms with E-state index in [2.05, 4.69) is 45.5 Å². The van der Waals surface area contributed by atoms with E-state index in [0.29, 0.717) is 0 Å². The molecule has 1 aliphatic heterocycles. The van der Waals surface area contributed by atoms with Gasteiger partial charge in [0.15, 0.2) is 0 Å². The second-order valence-electron chi connectivity index (χ2n) is 8.32. The third kappa shape index (κ3) is 5.74. The van der Waals surface area contributed by atoms with Gasteiger partial charge in [-0.25, -0.2) is 0 Å². The number of pyridine rings is 1. The van der Waals surface area contributed by atoms with Crippen LogP contribution in [0.1, 0.15) is 35.7 Å². The van der Waals surface area contributed by atoms with Crippen LogP contribution in [0.2, 0.25) is 0 Å². The van der Waals surface area contributed by atoms with Crippen molar-refractivity contribution in [1.29, 1.82) is 0 Å². The van der Waals surface area contributed by atoms with Gasteiger partial charge in [-0.1, -0.05) is 48.5 Å². The number of methoxy groups -OCH3 is 1. The van der Waals surface area contributed by atoms with Crippen LogP contribution in [0, 0.1) is 5.92 Å². The maximum absolute atomic E-state index is 13.2. The number of carbonyl (C=O) groups excluding carboxylic acids is 1. The van der Waals surface area contributed by atoms with E-state index in [9.17, 15) is 4.79 Å². The van der Waals surface area contributed by atoms with Gasteiger partial charge in [0.05, 0.1) is 18.8 Å². The molecule has 32 heavy (non-hydrogen) atoms. The van der Waals surface area contributed by atoms with Crippen LogP contribution in [0.3, 0.4) is 0 Å². The number of rotatable bonds is 8. The Labute approximate surface area is 190 Å². The van der Waals surface area contributed by atoms with Gasteiger partial charge in [0.25, 0.3) is 0 Å². The molecule has 0 spiro atoms. The van der Waals surface area contributed by atoms with Gasteiger partial charge in [-0.3, -0.25) is 9.78 Å². The average Bonchev–Trinajstić information content (AvgIpc) is 2.87. The molecule has 0 bridgehead atoms. The Bertz CT molecular complexity index is 986. The lowest BCUT2D eigenvalue weighted by Gasteiger charge is -2.32. The summed E-state index contributed by atoms with van der Waals surface area (Å²) in [7, 11) is 1.65. The molecule has 2 heterocycles. The van der Waals surface area contributed by atoms with Crippen LogP contribution >= 0.6 is 0 Å². The summed E-state index contributed by atoms with van der Waals surface area (Å²) in [5.74, 6) is 0.899. The lowest BCUT2D eigenvalue weighted by molar-refractivity contribution is -0.127. The Hall–Kier alpha value is -3.18. The molecule has 1 fully saturated rings. The van der Waals surface area contributed by atoms with Crippen molar-refractivity contribution in [3.05, 3.63) is 95.8 Å². The first-order valence-corrected chi connectivity index (χ1v) is 11.3. The molecule has 1 aliphatic rings. The molecule has 1 N–H and O–H groups in total. The van der Waals surface area contributed by atoms with Gasteiger partial charge in [-0.05, 0) is 67.7 Å². The van der Waals surface area contributed by atoms with Crippen LogP contribution in [0.4, 0.5) is 0 Å². The maximum atomic E-state index is 13.2. The normalized spacial score (nSPS) is 15.8. The van der Waals surface area contributed by atoms with Crippen LogP contribution in [-0.4, -0.2) is 42.5 Å². The summed E-state index contributed by atoms with van der Waals surface area (Å²) in [6, 6.07) is 23.9. The lowest BCUT2D eigenvalue weighted by Crippen LogP contribution is -2.42. The SMILES string of the molecule is COc1cccc(C(NC(=O)C2CCN(CCc3ccccc3)CC2)c2ccccn2)c1. The summed E-state index contributed by atoms with van der Waals surface area (Å²) >= 11 is 0. The Morgan fingerprint density at radius 3 is 2.56 bits per heavy atom. The highest BCUT2D eigenvalue weighted by Gasteiger charge is 2.28. The first-order valence-electron chi connectivity index (χ1n) is 11.3. The number of nitrogens with one attached hydrogen (secondary N) is 1. The van der Waals surface area contributed by atoms with Gasteiger partial charge in [0.1, 0.15) is 5.75 Å². The number of benzene rings is 2. The number of ether oxygens (including phenoxy) is 1. The zero-order valence-corrected chi connectivity index (χ0v) is 18.6. The zero-order chi connectivity index (χ0) is 22.2. The fourth-order valence-corrected chi connectivity index (χ4v) is 4.31. The Kier molecular flexibility index (Phi) is 7.51. The van der Waals surface area contributed by atoms with E-state index >= 15 is 0 Å². The summed E-state index contributed by atoms with van der Waals surface area (Å²) in [5, 5.41) is 3.27. The van der Waals surface area contributed by atoms with Crippen molar-refractivity contribution in [1.82, 2.24) is 15.2 Å². The van der Waals surface area contributed by atoms with E-state index < -0.39 is 0 Å². The van der Waals surface area contributed by atoms with Crippen molar-refractivity contribution in [3.63, 3.8) is 0 Å². The molecular weight excluding hydrogens is 398 g/mol. The average molecular weight is 430 g/mol. The molecule has 1 saturated heterocycles. The molecule has 1 unspecified atom stereocenters. The van der Waals surface area contributed by atoms with Crippen molar-refractivity contribution in [3.8, 4) is 5.75 Å². The fraction of sp³-hybridized carbons (Fsp3) is 0.333. The minimum Gasteiger partial charge on any atom is -0.497 e. The van der Waals surface area contributed by atoms with Crippen molar-refractivity contribution >= 4 is 5.91 Å². The maximum Gasteiger partial charge on any atom is 0.224 e. The van der Waals surface area contributed by atoms with Gasteiger partial charge < -0.3 is 15.0 Å². The number of carbonyl (C=O) groups is 1. The smallest absolute Gasteiger partial charge is 0.224 e. The number of nitrogens with zero attached hydrogens (tertiary/aromatic N) is 2. The van der Waals surface area contributed by atoms with Crippen molar-refractivity contribution in [2.75, 3.05) is 26.7 Å². The van der Waals surface area contributed by atoms with Gasteiger partial charge >= 0.3 is 0 Å². The van der Waals surface area contributed by atoms with Gasteiger partial charge in [0, 0.05) is 18.7 Å². The summed E-state index contributed by atoms with van der Waals surface area (Å²) in [5.41, 5.74) is 3.16. The van der Waals surface area contributed by atoms with Gasteiger partial charge in [0.2, 0.25) is 5.91 Å². The summed E-state index contributed by atoms with van der Waals surface area (Å²) in [4.78, 5) is 20.2. The molecular formula is C27H31N3O2. The van der Waals surface area contributed by atoms with Crippen molar-refractivity contribution in [2.45, 2.75) is 25.3 Å². The monoisotopic (exact) mass is 429 g/mol. The summed E-state index contributed by atoms with van der Waals surface area (Å²) in [6.07, 6.45) is 4.58. The number of hydrogen-bond donors (Lipinski definition) is 1. The molecule has 0 radical (unpaired) electrons. The van der Waals surface area contributed by atoms with Gasteiger partial charge in [-0.15, -0.1) is 0 Å². The first-order chi connectivity index (χ1) is 15.7. The Morgan fingerprint density at radius 2 is 1.84 bits per heavy atom. The lowest BCUT2D eigenvalue weighted by atomic mass is 9.94. The minimum atomic E-state index is -0.296. The van der Waals surface area contributed by atoms with Crippen LogP contribution in [0.25, 0.3) is 0 Å². The van der Waals surface area contributed by atoms with Crippen molar-refractivity contribution < 1.29 is 9.53 Å². The molecule has 3 aromatic rings. The topological polar surface area (TPSA) is 54.5 Å². The molecule has 5 nitrogen and oxygen atoms in total. The molecule has 1 amide bonds. The van der Waals surface area contributed by atoms with E-state index in [1.165, 1.54) is 5.56 Å². The standard InChI is InChI=1S/C27H31N3O2/c1-32-24-11-7-10-23(20-24)26(25-12-5-6-16-28-25)29-27(31)22-14-18-30(19-15-22)17-13-21-8-3-2-4-9-21/h2-12,16,20,22,26H,13-15,17-19H2,1H3,(H,29,31). The highest BCUT2D eigenvalue weighted by atomic mass is 16.5. The Morgan fingerprint density at radius 1 is 1.06 bits per heavy atom. The summed E-state index contributed by atoms with van der Waals surface area (Å²) in [6.45, 7) is 2.95.